The molecule has 0 aromatic heterocycles. The SMILES string of the molecule is C#CCCC(=O)[C@@H]1CCNC1. The van der Waals surface area contributed by atoms with E-state index in [0.717, 1.165) is 19.5 Å². The Balaban J connectivity index is 2.24. The van der Waals surface area contributed by atoms with Crippen molar-refractivity contribution in [2.24, 2.45) is 5.92 Å². The summed E-state index contributed by atoms with van der Waals surface area (Å²) in [5.74, 6) is 3.05. The van der Waals surface area contributed by atoms with Crippen molar-refractivity contribution >= 4 is 5.78 Å². The molecule has 0 aromatic carbocycles. The summed E-state index contributed by atoms with van der Waals surface area (Å²) >= 11 is 0. The zero-order valence-corrected chi connectivity index (χ0v) is 6.60. The van der Waals surface area contributed by atoms with Crippen molar-refractivity contribution < 1.29 is 4.79 Å². The maximum absolute atomic E-state index is 11.3. The normalized spacial score (nSPS) is 23.0. The van der Waals surface area contributed by atoms with E-state index in [0.29, 0.717) is 18.6 Å². The van der Waals surface area contributed by atoms with Crippen LogP contribution in [0.1, 0.15) is 19.3 Å². The van der Waals surface area contributed by atoms with Crippen molar-refractivity contribution in [2.45, 2.75) is 19.3 Å². The van der Waals surface area contributed by atoms with Gasteiger partial charge in [-0.2, -0.15) is 0 Å². The van der Waals surface area contributed by atoms with Gasteiger partial charge in [0.1, 0.15) is 5.78 Å². The highest BCUT2D eigenvalue weighted by atomic mass is 16.1. The minimum absolute atomic E-state index is 0.239. The van der Waals surface area contributed by atoms with Crippen LogP contribution in [0.2, 0.25) is 0 Å². The van der Waals surface area contributed by atoms with Crippen LogP contribution in [0.15, 0.2) is 0 Å². The third kappa shape index (κ3) is 2.36. The van der Waals surface area contributed by atoms with Gasteiger partial charge in [0.25, 0.3) is 0 Å². The van der Waals surface area contributed by atoms with Gasteiger partial charge in [-0.05, 0) is 13.0 Å². The molecule has 1 aliphatic rings. The van der Waals surface area contributed by atoms with Crippen LogP contribution in [0.5, 0.6) is 0 Å². The van der Waals surface area contributed by atoms with Crippen LogP contribution in [0.4, 0.5) is 0 Å². The molecule has 0 radical (unpaired) electrons. The molecule has 1 saturated heterocycles. The third-order valence-corrected chi connectivity index (χ3v) is 2.03. The quantitative estimate of drug-likeness (QED) is 0.598. The van der Waals surface area contributed by atoms with Gasteiger partial charge in [-0.15, -0.1) is 12.3 Å². The third-order valence-electron chi connectivity index (χ3n) is 2.03. The van der Waals surface area contributed by atoms with E-state index in [-0.39, 0.29) is 5.92 Å². The largest absolute Gasteiger partial charge is 0.316 e. The highest BCUT2D eigenvalue weighted by Gasteiger charge is 2.20. The minimum atomic E-state index is 0.239. The molecule has 0 aromatic rings. The van der Waals surface area contributed by atoms with Gasteiger partial charge < -0.3 is 5.32 Å². The van der Waals surface area contributed by atoms with Crippen molar-refractivity contribution in [3.8, 4) is 12.3 Å². The maximum atomic E-state index is 11.3. The lowest BCUT2D eigenvalue weighted by Gasteiger charge is -2.03. The number of carbonyl (C=O) groups is 1. The highest BCUT2D eigenvalue weighted by Crippen LogP contribution is 2.11. The molecule has 11 heavy (non-hydrogen) atoms. The van der Waals surface area contributed by atoms with E-state index in [2.05, 4.69) is 11.2 Å². The number of terminal acetylenes is 1. The molecule has 1 N–H and O–H groups in total. The van der Waals surface area contributed by atoms with Crippen LogP contribution >= 0.6 is 0 Å². The van der Waals surface area contributed by atoms with E-state index in [1.54, 1.807) is 0 Å². The molecule has 1 fully saturated rings. The lowest BCUT2D eigenvalue weighted by atomic mass is 10.00. The van der Waals surface area contributed by atoms with Gasteiger partial charge in [0, 0.05) is 25.3 Å². The molecule has 0 bridgehead atoms. The molecule has 1 atom stereocenters. The Bertz CT molecular complexity index is 174. The van der Waals surface area contributed by atoms with Gasteiger partial charge in [-0.3, -0.25) is 4.79 Å². The second kappa shape index (κ2) is 4.15. The lowest BCUT2D eigenvalue weighted by molar-refractivity contribution is -0.122. The first kappa shape index (κ1) is 8.29. The van der Waals surface area contributed by atoms with E-state index < -0.39 is 0 Å². The summed E-state index contributed by atoms with van der Waals surface area (Å²) in [4.78, 5) is 11.3. The molecule has 2 nitrogen and oxygen atoms in total. The van der Waals surface area contributed by atoms with Crippen LogP contribution in [0.25, 0.3) is 0 Å². The molecule has 0 spiro atoms. The summed E-state index contributed by atoms with van der Waals surface area (Å²) in [5.41, 5.74) is 0. The van der Waals surface area contributed by atoms with Gasteiger partial charge in [-0.25, -0.2) is 0 Å². The number of hydrogen-bond donors (Lipinski definition) is 1. The maximum Gasteiger partial charge on any atom is 0.138 e. The van der Waals surface area contributed by atoms with Crippen LogP contribution in [-0.2, 0) is 4.79 Å². The number of carbonyl (C=O) groups excluding carboxylic acids is 1. The Kier molecular flexibility index (Phi) is 3.13. The Labute approximate surface area is 67.4 Å². The molecular weight excluding hydrogens is 138 g/mol. The van der Waals surface area contributed by atoms with Crippen LogP contribution < -0.4 is 5.32 Å². The first-order valence-corrected chi connectivity index (χ1v) is 4.01. The molecule has 0 aliphatic carbocycles. The molecule has 60 valence electrons. The fourth-order valence-corrected chi connectivity index (χ4v) is 1.33. The Morgan fingerprint density at radius 3 is 3.09 bits per heavy atom. The van der Waals surface area contributed by atoms with Crippen LogP contribution in [0, 0.1) is 18.3 Å². The summed E-state index contributed by atoms with van der Waals surface area (Å²) in [6.45, 7) is 1.83. The standard InChI is InChI=1S/C9H13NO/c1-2-3-4-9(11)8-5-6-10-7-8/h1,8,10H,3-7H2/t8-/m1/s1. The topological polar surface area (TPSA) is 29.1 Å². The number of rotatable bonds is 3. The average molecular weight is 151 g/mol. The van der Waals surface area contributed by atoms with Crippen LogP contribution in [-0.4, -0.2) is 18.9 Å². The smallest absolute Gasteiger partial charge is 0.138 e. The monoisotopic (exact) mass is 151 g/mol. The van der Waals surface area contributed by atoms with Gasteiger partial charge in [-0.1, -0.05) is 0 Å². The van der Waals surface area contributed by atoms with E-state index in [9.17, 15) is 4.79 Å². The Morgan fingerprint density at radius 2 is 2.55 bits per heavy atom. The molecule has 0 amide bonds. The lowest BCUT2D eigenvalue weighted by Crippen LogP contribution is -2.17. The fourth-order valence-electron chi connectivity index (χ4n) is 1.33. The zero-order valence-electron chi connectivity index (χ0n) is 6.60. The molecular formula is C9H13NO. The molecule has 0 saturated carbocycles. The summed E-state index contributed by atoms with van der Waals surface area (Å²) in [5, 5.41) is 3.16. The van der Waals surface area contributed by atoms with Gasteiger partial charge >= 0.3 is 0 Å². The van der Waals surface area contributed by atoms with E-state index in [4.69, 9.17) is 6.42 Å². The van der Waals surface area contributed by atoms with Crippen molar-refractivity contribution in [3.63, 3.8) is 0 Å². The number of ketones is 1. The van der Waals surface area contributed by atoms with Crippen LogP contribution in [0.3, 0.4) is 0 Å². The molecule has 0 unspecified atom stereocenters. The molecule has 1 heterocycles. The minimum Gasteiger partial charge on any atom is -0.316 e. The number of nitrogens with one attached hydrogen (secondary N) is 1. The summed E-state index contributed by atoms with van der Waals surface area (Å²) in [6.07, 6.45) is 7.20. The molecule has 2 heteroatoms. The van der Waals surface area contributed by atoms with E-state index in [1.807, 2.05) is 0 Å². The summed E-state index contributed by atoms with van der Waals surface area (Å²) < 4.78 is 0. The zero-order chi connectivity index (χ0) is 8.10. The van der Waals surface area contributed by atoms with Crippen molar-refractivity contribution in [2.75, 3.05) is 13.1 Å². The summed E-state index contributed by atoms with van der Waals surface area (Å²) in [6, 6.07) is 0. The second-order valence-corrected chi connectivity index (χ2v) is 2.86. The highest BCUT2D eigenvalue weighted by molar-refractivity contribution is 5.81. The predicted molar refractivity (Wildman–Crippen MR) is 44.1 cm³/mol. The van der Waals surface area contributed by atoms with E-state index >= 15 is 0 Å². The van der Waals surface area contributed by atoms with Gasteiger partial charge in [0.2, 0.25) is 0 Å². The Hall–Kier alpha value is -0.810. The van der Waals surface area contributed by atoms with Crippen molar-refractivity contribution in [3.05, 3.63) is 0 Å². The van der Waals surface area contributed by atoms with Crippen molar-refractivity contribution in [1.82, 2.24) is 5.32 Å². The van der Waals surface area contributed by atoms with E-state index in [1.165, 1.54) is 0 Å². The van der Waals surface area contributed by atoms with Gasteiger partial charge in [0.05, 0.1) is 0 Å². The number of hydrogen-bond acceptors (Lipinski definition) is 2. The fraction of sp³-hybridized carbons (Fsp3) is 0.667. The molecule has 1 aliphatic heterocycles. The first-order chi connectivity index (χ1) is 5.34. The number of Topliss-reactive ketones (excluding diaryl/α,β-unsaturated/α-hetero) is 1. The summed E-state index contributed by atoms with van der Waals surface area (Å²) in [7, 11) is 0. The van der Waals surface area contributed by atoms with Crippen molar-refractivity contribution in [1.29, 1.82) is 0 Å². The Morgan fingerprint density at radius 1 is 1.73 bits per heavy atom. The predicted octanol–water partition coefficient (Wildman–Crippen LogP) is 0.578. The molecule has 1 rings (SSSR count). The second-order valence-electron chi connectivity index (χ2n) is 2.86. The first-order valence-electron chi connectivity index (χ1n) is 4.01. The van der Waals surface area contributed by atoms with Gasteiger partial charge in [0.15, 0.2) is 0 Å². The average Bonchev–Trinajstić information content (AvgIpc) is 2.52.